The molecule has 4 nitrogen and oxygen atoms in total. The van der Waals surface area contributed by atoms with Gasteiger partial charge in [-0.1, -0.05) is 32.9 Å². The Hall–Kier alpha value is -2.10. The molecular weight excluding hydrogens is 334 g/mol. The van der Waals surface area contributed by atoms with Gasteiger partial charge in [0.25, 0.3) is 0 Å². The van der Waals surface area contributed by atoms with Gasteiger partial charge in [-0.3, -0.25) is 4.79 Å². The molecule has 0 aliphatic heterocycles. The van der Waals surface area contributed by atoms with Crippen molar-refractivity contribution in [3.05, 3.63) is 47.3 Å². The van der Waals surface area contributed by atoms with Gasteiger partial charge in [0.05, 0.1) is 11.4 Å². The Balaban J connectivity index is 1.52. The van der Waals surface area contributed by atoms with Crippen molar-refractivity contribution in [3.63, 3.8) is 0 Å². The van der Waals surface area contributed by atoms with Crippen LogP contribution in [-0.4, -0.2) is 21.7 Å². The normalized spacial score (nSPS) is 21.8. The van der Waals surface area contributed by atoms with Crippen LogP contribution in [0.15, 0.2) is 30.3 Å². The van der Waals surface area contributed by atoms with Gasteiger partial charge in [-0.2, -0.15) is 5.10 Å². The van der Waals surface area contributed by atoms with Crippen LogP contribution in [0.1, 0.15) is 63.4 Å². The second-order valence-electron chi connectivity index (χ2n) is 9.18. The highest BCUT2D eigenvalue weighted by Gasteiger charge is 2.32. The van der Waals surface area contributed by atoms with Crippen molar-refractivity contribution in [2.75, 3.05) is 0 Å². The molecule has 1 aromatic heterocycles. The van der Waals surface area contributed by atoms with E-state index in [1.165, 1.54) is 12.0 Å². The molecule has 2 unspecified atom stereocenters. The van der Waals surface area contributed by atoms with Crippen molar-refractivity contribution >= 4 is 5.91 Å². The summed E-state index contributed by atoms with van der Waals surface area (Å²) in [5, 5.41) is 7.79. The van der Waals surface area contributed by atoms with E-state index in [-0.39, 0.29) is 5.91 Å². The van der Waals surface area contributed by atoms with E-state index in [1.54, 1.807) is 0 Å². The van der Waals surface area contributed by atoms with Crippen LogP contribution in [0.5, 0.6) is 0 Å². The van der Waals surface area contributed by atoms with Gasteiger partial charge in [0, 0.05) is 18.2 Å². The van der Waals surface area contributed by atoms with Crippen molar-refractivity contribution in [2.24, 2.45) is 11.3 Å². The molecule has 1 amide bonds. The first kappa shape index (κ1) is 19.7. The van der Waals surface area contributed by atoms with Gasteiger partial charge >= 0.3 is 0 Å². The Morgan fingerprint density at radius 2 is 1.93 bits per heavy atom. The number of carbonyl (C=O) groups is 1. The van der Waals surface area contributed by atoms with Crippen molar-refractivity contribution < 1.29 is 4.79 Å². The quantitative estimate of drug-likeness (QED) is 0.829. The van der Waals surface area contributed by atoms with Crippen LogP contribution in [0.2, 0.25) is 0 Å². The molecule has 3 rings (SSSR count). The number of nitrogens with zero attached hydrogens (tertiary/aromatic N) is 2. The predicted molar refractivity (Wildman–Crippen MR) is 110 cm³/mol. The van der Waals surface area contributed by atoms with Crippen LogP contribution in [0, 0.1) is 25.2 Å². The first-order chi connectivity index (χ1) is 12.7. The zero-order chi connectivity index (χ0) is 19.6. The molecule has 1 N–H and O–H groups in total. The molecule has 1 fully saturated rings. The first-order valence-electron chi connectivity index (χ1n) is 10.1. The van der Waals surface area contributed by atoms with Crippen LogP contribution >= 0.6 is 0 Å². The lowest BCUT2D eigenvalue weighted by molar-refractivity contribution is -0.122. The van der Waals surface area contributed by atoms with Crippen LogP contribution in [-0.2, 0) is 11.2 Å². The number of amides is 1. The summed E-state index contributed by atoms with van der Waals surface area (Å²) in [6.45, 7) is 11.0. The lowest BCUT2D eigenvalue weighted by Gasteiger charge is -2.39. The average Bonchev–Trinajstić information content (AvgIpc) is 2.90. The van der Waals surface area contributed by atoms with E-state index in [0.29, 0.717) is 23.8 Å². The first-order valence-corrected chi connectivity index (χ1v) is 10.1. The smallest absolute Gasteiger partial charge is 0.220 e. The largest absolute Gasteiger partial charge is 0.353 e. The van der Waals surface area contributed by atoms with E-state index >= 15 is 0 Å². The molecular formula is C23H33N3O. The van der Waals surface area contributed by atoms with E-state index in [1.807, 2.05) is 11.6 Å². The molecule has 2 aromatic rings. The Morgan fingerprint density at radius 1 is 1.22 bits per heavy atom. The average molecular weight is 368 g/mol. The van der Waals surface area contributed by atoms with Gasteiger partial charge in [0.15, 0.2) is 0 Å². The standard InChI is InChI=1S/C23H33N3O/c1-16-12-20(15-23(4,5)14-16)24-22(27)11-8-19-6-9-21(10-7-19)26-18(3)13-17(2)25-26/h6-7,9-10,13,16,20H,8,11-12,14-15H2,1-5H3,(H,24,27). The molecule has 4 heteroatoms. The number of aromatic nitrogens is 2. The zero-order valence-electron chi connectivity index (χ0n) is 17.4. The fraction of sp³-hybridized carbons (Fsp3) is 0.565. The van der Waals surface area contributed by atoms with Crippen LogP contribution in [0.25, 0.3) is 5.69 Å². The molecule has 146 valence electrons. The summed E-state index contributed by atoms with van der Waals surface area (Å²) in [5.74, 6) is 0.855. The number of aryl methyl sites for hydroxylation is 3. The van der Waals surface area contributed by atoms with E-state index in [0.717, 1.165) is 36.3 Å². The number of rotatable bonds is 5. The number of hydrogen-bond acceptors (Lipinski definition) is 2. The molecule has 0 spiro atoms. The molecule has 2 atom stereocenters. The van der Waals surface area contributed by atoms with Gasteiger partial charge in [0.1, 0.15) is 0 Å². The maximum absolute atomic E-state index is 12.4. The zero-order valence-corrected chi connectivity index (χ0v) is 17.4. The van der Waals surface area contributed by atoms with Crippen LogP contribution in [0.4, 0.5) is 0 Å². The van der Waals surface area contributed by atoms with E-state index in [2.05, 4.69) is 68.4 Å². The van der Waals surface area contributed by atoms with Crippen molar-refractivity contribution in [1.29, 1.82) is 0 Å². The summed E-state index contributed by atoms with van der Waals surface area (Å²) < 4.78 is 1.96. The third-order valence-electron chi connectivity index (χ3n) is 5.58. The van der Waals surface area contributed by atoms with Crippen molar-refractivity contribution in [1.82, 2.24) is 15.1 Å². The molecule has 1 aromatic carbocycles. The summed E-state index contributed by atoms with van der Waals surface area (Å²) in [5.41, 5.74) is 4.73. The third kappa shape index (κ3) is 5.21. The summed E-state index contributed by atoms with van der Waals surface area (Å²) in [7, 11) is 0. The highest BCUT2D eigenvalue weighted by molar-refractivity contribution is 5.76. The minimum absolute atomic E-state index is 0.174. The van der Waals surface area contributed by atoms with Gasteiger partial charge in [-0.25, -0.2) is 4.68 Å². The second kappa shape index (κ2) is 7.87. The highest BCUT2D eigenvalue weighted by atomic mass is 16.1. The fourth-order valence-corrected chi connectivity index (χ4v) is 4.71. The number of nitrogens with one attached hydrogen (secondary N) is 1. The van der Waals surface area contributed by atoms with Crippen LogP contribution in [0.3, 0.4) is 0 Å². The molecule has 27 heavy (non-hydrogen) atoms. The van der Waals surface area contributed by atoms with Gasteiger partial charge in [-0.15, -0.1) is 0 Å². The summed E-state index contributed by atoms with van der Waals surface area (Å²) >= 11 is 0. The van der Waals surface area contributed by atoms with Crippen molar-refractivity contribution in [3.8, 4) is 5.69 Å². The lowest BCUT2D eigenvalue weighted by atomic mass is 9.70. The predicted octanol–water partition coefficient (Wildman–Crippen LogP) is 4.75. The highest BCUT2D eigenvalue weighted by Crippen LogP contribution is 2.38. The fourth-order valence-electron chi connectivity index (χ4n) is 4.71. The molecule has 1 aliphatic carbocycles. The number of carbonyl (C=O) groups excluding carboxylic acids is 1. The monoisotopic (exact) mass is 367 g/mol. The minimum Gasteiger partial charge on any atom is -0.353 e. The summed E-state index contributed by atoms with van der Waals surface area (Å²) in [6.07, 6.45) is 4.76. The van der Waals surface area contributed by atoms with E-state index in [4.69, 9.17) is 0 Å². The topological polar surface area (TPSA) is 46.9 Å². The maximum Gasteiger partial charge on any atom is 0.220 e. The SMILES string of the molecule is Cc1cc(C)n(-c2ccc(CCC(=O)NC3CC(C)CC(C)(C)C3)cc2)n1. The van der Waals surface area contributed by atoms with Gasteiger partial charge in [-0.05, 0) is 74.6 Å². The molecule has 0 radical (unpaired) electrons. The van der Waals surface area contributed by atoms with E-state index < -0.39 is 0 Å². The van der Waals surface area contributed by atoms with Crippen molar-refractivity contribution in [2.45, 2.75) is 72.8 Å². The van der Waals surface area contributed by atoms with Gasteiger partial charge < -0.3 is 5.32 Å². The molecule has 0 saturated heterocycles. The Morgan fingerprint density at radius 3 is 2.52 bits per heavy atom. The maximum atomic E-state index is 12.4. The second-order valence-corrected chi connectivity index (χ2v) is 9.18. The minimum atomic E-state index is 0.174. The van der Waals surface area contributed by atoms with E-state index in [9.17, 15) is 4.79 Å². The number of benzene rings is 1. The molecule has 0 bridgehead atoms. The summed E-state index contributed by atoms with van der Waals surface area (Å²) in [6, 6.07) is 10.8. The number of hydrogen-bond donors (Lipinski definition) is 1. The third-order valence-corrected chi connectivity index (χ3v) is 5.58. The molecule has 1 saturated carbocycles. The van der Waals surface area contributed by atoms with Gasteiger partial charge in [0.2, 0.25) is 5.91 Å². The molecule has 1 heterocycles. The lowest BCUT2D eigenvalue weighted by Crippen LogP contribution is -2.43. The Bertz CT molecular complexity index is 788. The summed E-state index contributed by atoms with van der Waals surface area (Å²) in [4.78, 5) is 12.4. The molecule has 1 aliphatic rings. The Labute approximate surface area is 163 Å². The van der Waals surface area contributed by atoms with Crippen LogP contribution < -0.4 is 5.32 Å². The Kier molecular flexibility index (Phi) is 5.73.